The second kappa shape index (κ2) is 14.0. The van der Waals surface area contributed by atoms with Gasteiger partial charge in [0.25, 0.3) is 0 Å². The van der Waals surface area contributed by atoms with Crippen molar-refractivity contribution in [2.24, 2.45) is 5.92 Å². The molecule has 230 valence electrons. The summed E-state index contributed by atoms with van der Waals surface area (Å²) in [5.41, 5.74) is 3.26. The maximum atomic E-state index is 13.9. The molecule has 4 amide bonds. The SMILES string of the molecule is CC1C(=O)N(CCC(C(=O)Nc2ccccc2)c2ccccc2)c2ccccc2N(CC(=O)N(c2ccccc2)C(C)C)C1=O. The van der Waals surface area contributed by atoms with Crippen LogP contribution in [0.5, 0.6) is 0 Å². The van der Waals surface area contributed by atoms with Crippen molar-refractivity contribution in [3.63, 3.8) is 0 Å². The highest BCUT2D eigenvalue weighted by molar-refractivity contribution is 6.19. The van der Waals surface area contributed by atoms with Gasteiger partial charge < -0.3 is 20.0 Å². The van der Waals surface area contributed by atoms with E-state index in [0.717, 1.165) is 11.3 Å². The fraction of sp³-hybridized carbons (Fsp3) is 0.243. The third kappa shape index (κ3) is 6.96. The Morgan fingerprint density at radius 3 is 1.84 bits per heavy atom. The van der Waals surface area contributed by atoms with Gasteiger partial charge >= 0.3 is 0 Å². The molecule has 0 aromatic heterocycles. The molecular formula is C37H38N4O4. The van der Waals surface area contributed by atoms with Crippen molar-refractivity contribution in [1.29, 1.82) is 0 Å². The van der Waals surface area contributed by atoms with Crippen LogP contribution in [0.15, 0.2) is 115 Å². The van der Waals surface area contributed by atoms with Crippen LogP contribution in [0.3, 0.4) is 0 Å². The van der Waals surface area contributed by atoms with Crippen molar-refractivity contribution in [3.05, 3.63) is 121 Å². The Bertz CT molecular complexity index is 1640. The Kier molecular flexibility index (Phi) is 9.73. The van der Waals surface area contributed by atoms with Crippen molar-refractivity contribution < 1.29 is 19.2 Å². The van der Waals surface area contributed by atoms with Crippen LogP contribution in [0, 0.1) is 5.92 Å². The van der Waals surface area contributed by atoms with Crippen LogP contribution in [0.4, 0.5) is 22.7 Å². The highest BCUT2D eigenvalue weighted by Crippen LogP contribution is 2.36. The summed E-state index contributed by atoms with van der Waals surface area (Å²) in [5, 5.41) is 3.00. The number of carbonyl (C=O) groups excluding carboxylic acids is 4. The van der Waals surface area contributed by atoms with Crippen LogP contribution in [-0.4, -0.2) is 42.8 Å². The Morgan fingerprint density at radius 1 is 0.733 bits per heavy atom. The van der Waals surface area contributed by atoms with Gasteiger partial charge in [-0.05, 0) is 69.2 Å². The van der Waals surface area contributed by atoms with E-state index in [1.807, 2.05) is 105 Å². The zero-order valence-electron chi connectivity index (χ0n) is 25.8. The highest BCUT2D eigenvalue weighted by atomic mass is 16.2. The van der Waals surface area contributed by atoms with Crippen LogP contribution < -0.4 is 20.0 Å². The molecule has 1 aliphatic rings. The fourth-order valence-electron chi connectivity index (χ4n) is 5.80. The smallest absolute Gasteiger partial charge is 0.247 e. The van der Waals surface area contributed by atoms with Gasteiger partial charge in [-0.2, -0.15) is 0 Å². The van der Waals surface area contributed by atoms with E-state index in [2.05, 4.69) is 5.32 Å². The first kappa shape index (κ1) is 31.2. The molecule has 5 rings (SSSR count). The third-order valence-corrected chi connectivity index (χ3v) is 8.05. The molecular weight excluding hydrogens is 564 g/mol. The van der Waals surface area contributed by atoms with Crippen LogP contribution >= 0.6 is 0 Å². The van der Waals surface area contributed by atoms with Crippen molar-refractivity contribution >= 4 is 46.4 Å². The summed E-state index contributed by atoms with van der Waals surface area (Å²) < 4.78 is 0. The normalized spacial score (nSPS) is 15.3. The number of anilines is 4. The largest absolute Gasteiger partial charge is 0.326 e. The van der Waals surface area contributed by atoms with Crippen LogP contribution in [-0.2, 0) is 19.2 Å². The number of nitrogens with one attached hydrogen (secondary N) is 1. The molecule has 0 radical (unpaired) electrons. The van der Waals surface area contributed by atoms with Crippen molar-refractivity contribution in [3.8, 4) is 0 Å². The molecule has 0 spiro atoms. The predicted octanol–water partition coefficient (Wildman–Crippen LogP) is 6.26. The Labute approximate surface area is 264 Å². The number of rotatable bonds is 10. The van der Waals surface area contributed by atoms with E-state index in [1.54, 1.807) is 41.0 Å². The van der Waals surface area contributed by atoms with Crippen molar-refractivity contribution in [1.82, 2.24) is 0 Å². The van der Waals surface area contributed by atoms with Crippen LogP contribution in [0.2, 0.25) is 0 Å². The van der Waals surface area contributed by atoms with E-state index in [0.29, 0.717) is 23.5 Å². The molecule has 1 aliphatic heterocycles. The lowest BCUT2D eigenvalue weighted by molar-refractivity contribution is -0.132. The fourth-order valence-corrected chi connectivity index (χ4v) is 5.80. The molecule has 8 heteroatoms. The molecule has 0 aliphatic carbocycles. The lowest BCUT2D eigenvalue weighted by Crippen LogP contribution is -2.48. The van der Waals surface area contributed by atoms with Crippen molar-refractivity contribution in [2.45, 2.75) is 39.2 Å². The molecule has 2 atom stereocenters. The maximum Gasteiger partial charge on any atom is 0.247 e. The molecule has 0 bridgehead atoms. The number of hydrogen-bond donors (Lipinski definition) is 1. The molecule has 1 heterocycles. The summed E-state index contributed by atoms with van der Waals surface area (Å²) in [6.45, 7) is 5.40. The minimum Gasteiger partial charge on any atom is -0.326 e. The molecule has 0 saturated carbocycles. The lowest BCUT2D eigenvalue weighted by Gasteiger charge is -2.31. The predicted molar refractivity (Wildman–Crippen MR) is 178 cm³/mol. The summed E-state index contributed by atoms with van der Waals surface area (Å²) in [6, 6.07) is 35.1. The van der Waals surface area contributed by atoms with Crippen molar-refractivity contribution in [2.75, 3.05) is 33.1 Å². The minimum atomic E-state index is -1.03. The van der Waals surface area contributed by atoms with E-state index in [-0.39, 0.29) is 36.9 Å². The van der Waals surface area contributed by atoms with Gasteiger partial charge in [-0.25, -0.2) is 0 Å². The standard InChI is InChI=1S/C37H38N4O4/c1-26(2)41(30-19-11-6-12-20-30)34(42)25-40-33-22-14-13-21-32(33)39(36(44)27(3)37(40)45)24-23-31(28-15-7-4-8-16-28)35(43)38-29-17-9-5-10-18-29/h4-22,26-27,31H,23-25H2,1-3H3,(H,38,43). The van der Waals surface area contributed by atoms with Crippen LogP contribution in [0.1, 0.15) is 38.7 Å². The number of para-hydroxylation sites is 4. The monoisotopic (exact) mass is 602 g/mol. The summed E-state index contributed by atoms with van der Waals surface area (Å²) >= 11 is 0. The van der Waals surface area contributed by atoms with E-state index in [1.165, 1.54) is 4.90 Å². The summed E-state index contributed by atoms with van der Waals surface area (Å²) in [6.07, 6.45) is 0.317. The number of nitrogens with zero attached hydrogens (tertiary/aromatic N) is 3. The average Bonchev–Trinajstić information content (AvgIpc) is 3.12. The zero-order valence-corrected chi connectivity index (χ0v) is 25.8. The van der Waals surface area contributed by atoms with Gasteiger partial charge in [-0.15, -0.1) is 0 Å². The van der Waals surface area contributed by atoms with Crippen LogP contribution in [0.25, 0.3) is 0 Å². The van der Waals surface area contributed by atoms with E-state index in [4.69, 9.17) is 0 Å². The molecule has 1 N–H and O–H groups in total. The number of carbonyl (C=O) groups is 4. The molecule has 4 aromatic carbocycles. The Morgan fingerprint density at radius 2 is 1.24 bits per heavy atom. The topological polar surface area (TPSA) is 90.0 Å². The summed E-state index contributed by atoms with van der Waals surface area (Å²) in [7, 11) is 0. The molecule has 0 saturated heterocycles. The van der Waals surface area contributed by atoms with E-state index < -0.39 is 17.7 Å². The van der Waals surface area contributed by atoms with Gasteiger partial charge in [0.1, 0.15) is 12.5 Å². The van der Waals surface area contributed by atoms with Gasteiger partial charge in [0.2, 0.25) is 23.6 Å². The van der Waals surface area contributed by atoms with E-state index in [9.17, 15) is 19.2 Å². The summed E-state index contributed by atoms with van der Waals surface area (Å²) in [5.74, 6) is -2.84. The molecule has 45 heavy (non-hydrogen) atoms. The van der Waals surface area contributed by atoms with Gasteiger partial charge in [0, 0.05) is 24.0 Å². The quantitative estimate of drug-likeness (QED) is 0.217. The molecule has 0 fully saturated rings. The first-order chi connectivity index (χ1) is 21.8. The number of fused-ring (bicyclic) bond motifs is 1. The Hall–Kier alpha value is -5.24. The van der Waals surface area contributed by atoms with Gasteiger partial charge in [0.15, 0.2) is 0 Å². The Balaban J connectivity index is 1.44. The van der Waals surface area contributed by atoms with Gasteiger partial charge in [-0.1, -0.05) is 78.9 Å². The van der Waals surface area contributed by atoms with E-state index >= 15 is 0 Å². The first-order valence-electron chi connectivity index (χ1n) is 15.3. The minimum absolute atomic E-state index is 0.148. The first-order valence-corrected chi connectivity index (χ1v) is 15.3. The van der Waals surface area contributed by atoms with Gasteiger partial charge in [0.05, 0.1) is 17.3 Å². The van der Waals surface area contributed by atoms with Gasteiger partial charge in [-0.3, -0.25) is 19.2 Å². The maximum absolute atomic E-state index is 13.9. The lowest BCUT2D eigenvalue weighted by atomic mass is 9.94. The molecule has 8 nitrogen and oxygen atoms in total. The second-order valence-corrected chi connectivity index (χ2v) is 11.4. The summed E-state index contributed by atoms with van der Waals surface area (Å²) in [4.78, 5) is 59.8. The third-order valence-electron chi connectivity index (χ3n) is 8.05. The average molecular weight is 603 g/mol. The number of hydrogen-bond acceptors (Lipinski definition) is 4. The molecule has 2 unspecified atom stereocenters. The number of amides is 4. The highest BCUT2D eigenvalue weighted by Gasteiger charge is 2.39. The number of benzene rings is 4. The zero-order chi connectivity index (χ0) is 31.9. The molecule has 4 aromatic rings. The second-order valence-electron chi connectivity index (χ2n) is 11.4.